The predicted molar refractivity (Wildman–Crippen MR) is 101 cm³/mol. The molecule has 0 saturated carbocycles. The minimum atomic E-state index is -0.446. The van der Waals surface area contributed by atoms with E-state index in [2.05, 4.69) is 10.4 Å². The van der Waals surface area contributed by atoms with Crippen molar-refractivity contribution in [2.75, 3.05) is 32.8 Å². The molecule has 1 atom stereocenters. The Morgan fingerprint density at radius 1 is 1.38 bits per heavy atom. The average Bonchev–Trinajstić information content (AvgIpc) is 2.66. The molecule has 9 heteroatoms. The number of benzene rings is 1. The number of aliphatic hydroxyl groups excluding tert-OH is 1. The number of carbonyl (C=O) groups is 1. The molecule has 0 radical (unpaired) electrons. The highest BCUT2D eigenvalue weighted by molar-refractivity contribution is 7.98. The zero-order chi connectivity index (χ0) is 19.1. The van der Waals surface area contributed by atoms with Gasteiger partial charge in [-0.2, -0.15) is 16.9 Å². The number of carbonyl (C=O) groups excluding carboxylic acids is 1. The van der Waals surface area contributed by atoms with Crippen molar-refractivity contribution in [1.82, 2.24) is 15.1 Å². The molecule has 8 nitrogen and oxygen atoms in total. The lowest BCUT2D eigenvalue weighted by molar-refractivity contribution is -0.122. The Kier molecular flexibility index (Phi) is 7.28. The number of fused-ring (bicyclic) bond motifs is 1. The summed E-state index contributed by atoms with van der Waals surface area (Å²) in [6, 6.07) is 3.05. The maximum absolute atomic E-state index is 12.8. The largest absolute Gasteiger partial charge is 0.493 e. The lowest BCUT2D eigenvalue weighted by Crippen LogP contribution is -2.41. The van der Waals surface area contributed by atoms with Gasteiger partial charge in [0, 0.05) is 5.39 Å². The van der Waals surface area contributed by atoms with Crippen LogP contribution in [0.4, 0.5) is 0 Å². The fraction of sp³-hybridized carbons (Fsp3) is 0.471. The molecule has 0 spiro atoms. The van der Waals surface area contributed by atoms with Gasteiger partial charge in [-0.05, 0) is 30.6 Å². The molecule has 0 saturated heterocycles. The molecule has 2 aromatic rings. The Morgan fingerprint density at radius 3 is 2.77 bits per heavy atom. The molecule has 26 heavy (non-hydrogen) atoms. The van der Waals surface area contributed by atoms with Crippen LogP contribution >= 0.6 is 11.8 Å². The lowest BCUT2D eigenvalue weighted by atomic mass is 10.1. The SMILES string of the molecule is COc1ccc2cnn(CC(=O)N[C@@H](CO)CCSC)c(=O)c2c1OC. The third kappa shape index (κ3) is 4.47. The summed E-state index contributed by atoms with van der Waals surface area (Å²) >= 11 is 1.63. The monoisotopic (exact) mass is 381 g/mol. The van der Waals surface area contributed by atoms with Gasteiger partial charge >= 0.3 is 0 Å². The molecular weight excluding hydrogens is 358 g/mol. The molecule has 2 rings (SSSR count). The minimum Gasteiger partial charge on any atom is -0.493 e. The Labute approximate surface area is 155 Å². The third-order valence-corrected chi connectivity index (χ3v) is 4.56. The van der Waals surface area contributed by atoms with Crippen molar-refractivity contribution in [3.05, 3.63) is 28.7 Å². The van der Waals surface area contributed by atoms with Gasteiger partial charge in [-0.1, -0.05) is 0 Å². The Bertz CT molecular complexity index is 824. The molecule has 142 valence electrons. The number of amides is 1. The van der Waals surface area contributed by atoms with Gasteiger partial charge < -0.3 is 19.9 Å². The van der Waals surface area contributed by atoms with Crippen LogP contribution in [0.1, 0.15) is 6.42 Å². The molecule has 0 fully saturated rings. The van der Waals surface area contributed by atoms with Gasteiger partial charge in [0.05, 0.1) is 38.5 Å². The van der Waals surface area contributed by atoms with Crippen molar-refractivity contribution in [1.29, 1.82) is 0 Å². The quantitative estimate of drug-likeness (QED) is 0.657. The highest BCUT2D eigenvalue weighted by Gasteiger charge is 2.17. The number of nitrogens with zero attached hydrogens (tertiary/aromatic N) is 2. The standard InChI is InChI=1S/C17H23N3O5S/c1-24-13-5-4-11-8-18-20(17(23)15(11)16(13)25-2)9-14(22)19-12(10-21)6-7-26-3/h4-5,8,12,21H,6-7,9-10H2,1-3H3,(H,19,22)/t12-/m1/s1. The normalized spacial score (nSPS) is 12.0. The second-order valence-electron chi connectivity index (χ2n) is 5.60. The maximum Gasteiger partial charge on any atom is 0.279 e. The Morgan fingerprint density at radius 2 is 2.15 bits per heavy atom. The molecule has 1 aromatic heterocycles. The van der Waals surface area contributed by atoms with Crippen LogP contribution in [0.15, 0.2) is 23.1 Å². The average molecular weight is 381 g/mol. The number of hydrogen-bond donors (Lipinski definition) is 2. The summed E-state index contributed by atoms with van der Waals surface area (Å²) in [5.41, 5.74) is -0.446. The first-order valence-corrected chi connectivity index (χ1v) is 9.45. The molecule has 0 aliphatic heterocycles. The van der Waals surface area contributed by atoms with Crippen LogP contribution in [-0.2, 0) is 11.3 Å². The number of methoxy groups -OCH3 is 2. The van der Waals surface area contributed by atoms with Crippen LogP contribution in [0.5, 0.6) is 11.5 Å². The first-order chi connectivity index (χ1) is 12.5. The van der Waals surface area contributed by atoms with E-state index in [1.54, 1.807) is 23.9 Å². The number of nitrogens with one attached hydrogen (secondary N) is 1. The topological polar surface area (TPSA) is 103 Å². The van der Waals surface area contributed by atoms with Crippen molar-refractivity contribution in [2.24, 2.45) is 0 Å². The minimum absolute atomic E-state index is 0.155. The summed E-state index contributed by atoms with van der Waals surface area (Å²) < 4.78 is 11.6. The Balaban J connectivity index is 2.29. The first-order valence-electron chi connectivity index (χ1n) is 8.05. The number of hydrogen-bond acceptors (Lipinski definition) is 7. The summed E-state index contributed by atoms with van der Waals surface area (Å²) in [4.78, 5) is 25.0. The summed E-state index contributed by atoms with van der Waals surface area (Å²) in [6.45, 7) is -0.401. The van der Waals surface area contributed by atoms with Gasteiger partial charge in [0.15, 0.2) is 11.5 Å². The van der Waals surface area contributed by atoms with Crippen molar-refractivity contribution in [3.63, 3.8) is 0 Å². The summed E-state index contributed by atoms with van der Waals surface area (Å²) in [5, 5.41) is 17.0. The van der Waals surface area contributed by atoms with Crippen LogP contribution in [0.3, 0.4) is 0 Å². The van der Waals surface area contributed by atoms with Gasteiger partial charge in [-0.3, -0.25) is 9.59 Å². The van der Waals surface area contributed by atoms with E-state index in [9.17, 15) is 14.7 Å². The first kappa shape index (κ1) is 20.1. The molecular formula is C17H23N3O5S. The van der Waals surface area contributed by atoms with Crippen LogP contribution in [0.25, 0.3) is 10.8 Å². The van der Waals surface area contributed by atoms with Gasteiger partial charge in [0.2, 0.25) is 5.91 Å². The van der Waals surface area contributed by atoms with E-state index >= 15 is 0 Å². The predicted octanol–water partition coefficient (Wildman–Crippen LogP) is 0.644. The van der Waals surface area contributed by atoms with Crippen molar-refractivity contribution in [3.8, 4) is 11.5 Å². The van der Waals surface area contributed by atoms with Crippen LogP contribution in [0, 0.1) is 0 Å². The second kappa shape index (κ2) is 9.44. The van der Waals surface area contributed by atoms with E-state index in [1.807, 2.05) is 6.26 Å². The third-order valence-electron chi connectivity index (χ3n) is 3.91. The van der Waals surface area contributed by atoms with Crippen LogP contribution < -0.4 is 20.3 Å². The van der Waals surface area contributed by atoms with Gasteiger partial charge in [-0.15, -0.1) is 0 Å². The summed E-state index contributed by atoms with van der Waals surface area (Å²) in [6.07, 6.45) is 4.11. The van der Waals surface area contributed by atoms with E-state index in [1.165, 1.54) is 20.4 Å². The van der Waals surface area contributed by atoms with E-state index in [0.29, 0.717) is 28.7 Å². The summed E-state index contributed by atoms with van der Waals surface area (Å²) in [5.74, 6) is 1.16. The summed E-state index contributed by atoms with van der Waals surface area (Å²) in [7, 11) is 2.94. The maximum atomic E-state index is 12.8. The smallest absolute Gasteiger partial charge is 0.279 e. The highest BCUT2D eigenvalue weighted by atomic mass is 32.2. The van der Waals surface area contributed by atoms with Gasteiger partial charge in [0.25, 0.3) is 5.56 Å². The zero-order valence-corrected chi connectivity index (χ0v) is 15.8. The van der Waals surface area contributed by atoms with E-state index < -0.39 is 5.56 Å². The molecule has 0 bridgehead atoms. The highest BCUT2D eigenvalue weighted by Crippen LogP contribution is 2.32. The molecule has 2 N–H and O–H groups in total. The molecule has 1 amide bonds. The van der Waals surface area contributed by atoms with E-state index in [0.717, 1.165) is 10.4 Å². The number of rotatable bonds is 9. The van der Waals surface area contributed by atoms with Crippen molar-refractivity contribution < 1.29 is 19.4 Å². The fourth-order valence-corrected chi connectivity index (χ4v) is 3.10. The second-order valence-corrected chi connectivity index (χ2v) is 6.59. The molecule has 0 unspecified atom stereocenters. The van der Waals surface area contributed by atoms with Crippen LogP contribution in [0.2, 0.25) is 0 Å². The number of aliphatic hydroxyl groups is 1. The number of thioether (sulfide) groups is 1. The number of aromatic nitrogens is 2. The zero-order valence-electron chi connectivity index (χ0n) is 15.0. The fourth-order valence-electron chi connectivity index (χ4n) is 2.57. The molecule has 1 heterocycles. The number of ether oxygens (including phenoxy) is 2. The molecule has 1 aromatic carbocycles. The lowest BCUT2D eigenvalue weighted by Gasteiger charge is -2.16. The molecule has 0 aliphatic carbocycles. The van der Waals surface area contributed by atoms with E-state index in [4.69, 9.17) is 9.47 Å². The van der Waals surface area contributed by atoms with E-state index in [-0.39, 0.29) is 25.1 Å². The van der Waals surface area contributed by atoms with Crippen molar-refractivity contribution >= 4 is 28.4 Å². The molecule has 0 aliphatic rings. The van der Waals surface area contributed by atoms with Crippen molar-refractivity contribution in [2.45, 2.75) is 19.0 Å². The Hall–Kier alpha value is -2.26. The van der Waals surface area contributed by atoms with Gasteiger partial charge in [-0.25, -0.2) is 4.68 Å². The van der Waals surface area contributed by atoms with Gasteiger partial charge in [0.1, 0.15) is 6.54 Å². The van der Waals surface area contributed by atoms with Crippen LogP contribution in [-0.4, -0.2) is 59.7 Å².